The van der Waals surface area contributed by atoms with Gasteiger partial charge in [-0.2, -0.15) is 0 Å². The first-order valence-electron chi connectivity index (χ1n) is 9.67. The van der Waals surface area contributed by atoms with Crippen LogP contribution in [0.25, 0.3) is 0 Å². The van der Waals surface area contributed by atoms with Gasteiger partial charge in [0, 0.05) is 12.5 Å². The zero-order valence-corrected chi connectivity index (χ0v) is 15.9. The van der Waals surface area contributed by atoms with Crippen LogP contribution in [0.4, 0.5) is 0 Å². The molecule has 0 aliphatic heterocycles. The van der Waals surface area contributed by atoms with E-state index in [1.54, 1.807) is 0 Å². The van der Waals surface area contributed by atoms with Crippen LogP contribution in [0.1, 0.15) is 77.0 Å². The summed E-state index contributed by atoms with van der Waals surface area (Å²) in [6, 6.07) is 0. The molecule has 0 unspecified atom stereocenters. The van der Waals surface area contributed by atoms with Crippen LogP contribution in [-0.2, 0) is 9.59 Å². The maximum Gasteiger partial charge on any atom is 0.257 e. The van der Waals surface area contributed by atoms with Gasteiger partial charge in [-0.15, -0.1) is 0 Å². The van der Waals surface area contributed by atoms with Crippen LogP contribution in [0.5, 0.6) is 0 Å². The lowest BCUT2D eigenvalue weighted by Crippen LogP contribution is -2.29. The Hall–Kier alpha value is -1.92. The van der Waals surface area contributed by atoms with Crippen molar-refractivity contribution in [2.45, 2.75) is 77.0 Å². The normalized spacial score (nSPS) is 11.6. The fourth-order valence-corrected chi connectivity index (χ4v) is 2.40. The Morgan fingerprint density at radius 2 is 1.12 bits per heavy atom. The van der Waals surface area contributed by atoms with Crippen molar-refractivity contribution < 1.29 is 9.59 Å². The van der Waals surface area contributed by atoms with Gasteiger partial charge in [0.15, 0.2) is 0 Å². The van der Waals surface area contributed by atoms with Crippen LogP contribution < -0.4 is 22.5 Å². The van der Waals surface area contributed by atoms with Gasteiger partial charge in [-0.25, -0.2) is 11.7 Å². The lowest BCUT2D eigenvalue weighted by molar-refractivity contribution is -0.121. The van der Waals surface area contributed by atoms with Gasteiger partial charge in [-0.1, -0.05) is 43.2 Å². The molecular formula is C20H36N4O2. The largest absolute Gasteiger partial charge is 0.294 e. The third-order valence-corrected chi connectivity index (χ3v) is 3.92. The van der Waals surface area contributed by atoms with Gasteiger partial charge in [0.1, 0.15) is 0 Å². The van der Waals surface area contributed by atoms with Gasteiger partial charge < -0.3 is 0 Å². The first kappa shape index (κ1) is 24.1. The highest BCUT2D eigenvalue weighted by Crippen LogP contribution is 2.07. The number of nitrogens with two attached hydrogens (primary N) is 2. The molecule has 0 atom stereocenters. The van der Waals surface area contributed by atoms with E-state index >= 15 is 0 Å². The minimum atomic E-state index is -0.255. The first-order chi connectivity index (χ1) is 12.7. The van der Waals surface area contributed by atoms with Crippen LogP contribution in [0, 0.1) is 0 Å². The Bertz CT molecular complexity index is 445. The highest BCUT2D eigenvalue weighted by molar-refractivity contribution is 5.86. The molecule has 0 saturated carbocycles. The number of allylic oxidation sites excluding steroid dienone is 5. The van der Waals surface area contributed by atoms with Crippen LogP contribution >= 0.6 is 0 Å². The Balaban J connectivity index is 3.31. The monoisotopic (exact) mass is 364 g/mol. The van der Waals surface area contributed by atoms with Crippen molar-refractivity contribution >= 4 is 11.8 Å². The van der Waals surface area contributed by atoms with Gasteiger partial charge in [-0.3, -0.25) is 20.4 Å². The van der Waals surface area contributed by atoms with E-state index in [-0.39, 0.29) is 11.8 Å². The minimum absolute atomic E-state index is 0.0775. The molecule has 2 amide bonds. The van der Waals surface area contributed by atoms with Crippen molar-refractivity contribution in [3.8, 4) is 0 Å². The van der Waals surface area contributed by atoms with Gasteiger partial charge in [0.05, 0.1) is 0 Å². The number of hydrazine groups is 2. The predicted octanol–water partition coefficient (Wildman–Crippen LogP) is 3.32. The summed E-state index contributed by atoms with van der Waals surface area (Å²) in [6.07, 6.45) is 24.7. The number of rotatable bonds is 16. The van der Waals surface area contributed by atoms with Crippen molar-refractivity contribution in [3.05, 3.63) is 36.5 Å². The van der Waals surface area contributed by atoms with E-state index in [9.17, 15) is 9.59 Å². The van der Waals surface area contributed by atoms with Crippen molar-refractivity contribution in [1.29, 1.82) is 0 Å². The molecule has 0 aromatic heterocycles. The average molecular weight is 365 g/mol. The zero-order valence-electron chi connectivity index (χ0n) is 15.9. The summed E-state index contributed by atoms with van der Waals surface area (Å²) in [6.45, 7) is 0. The van der Waals surface area contributed by atoms with Gasteiger partial charge in [0.25, 0.3) is 5.91 Å². The van der Waals surface area contributed by atoms with Crippen LogP contribution in [0.15, 0.2) is 36.5 Å². The molecule has 0 bridgehead atoms. The third-order valence-electron chi connectivity index (χ3n) is 3.92. The molecule has 6 nitrogen and oxygen atoms in total. The first-order valence-corrected chi connectivity index (χ1v) is 9.67. The number of unbranched alkanes of at least 4 members (excludes halogenated alkanes) is 8. The molecule has 0 fully saturated rings. The van der Waals surface area contributed by atoms with Gasteiger partial charge in [-0.05, 0) is 57.8 Å². The molecule has 0 heterocycles. The summed E-state index contributed by atoms with van der Waals surface area (Å²) in [5.74, 6) is 9.67. The molecule has 0 radical (unpaired) electrons. The summed E-state index contributed by atoms with van der Waals surface area (Å²) in [7, 11) is 0. The van der Waals surface area contributed by atoms with Gasteiger partial charge in [0.2, 0.25) is 5.91 Å². The molecule has 0 rings (SSSR count). The summed E-state index contributed by atoms with van der Waals surface area (Å²) in [5, 5.41) is 0. The maximum absolute atomic E-state index is 10.9. The van der Waals surface area contributed by atoms with Crippen molar-refractivity contribution in [2.75, 3.05) is 0 Å². The van der Waals surface area contributed by atoms with E-state index in [0.29, 0.717) is 6.42 Å². The molecule has 26 heavy (non-hydrogen) atoms. The molecule has 0 saturated heterocycles. The number of amides is 2. The Morgan fingerprint density at radius 3 is 1.69 bits per heavy atom. The molecule has 0 aliphatic carbocycles. The summed E-state index contributed by atoms with van der Waals surface area (Å²) in [5.41, 5.74) is 4.22. The van der Waals surface area contributed by atoms with E-state index in [2.05, 4.69) is 35.2 Å². The summed E-state index contributed by atoms with van der Waals surface area (Å²) in [4.78, 5) is 21.8. The zero-order chi connectivity index (χ0) is 19.3. The van der Waals surface area contributed by atoms with Crippen LogP contribution in [0.2, 0.25) is 0 Å². The SMILES string of the molecule is NNC(=O)C=CCCCCC=CCCC=CCCCCCCC(=O)NN. The molecule has 0 aromatic carbocycles. The van der Waals surface area contributed by atoms with Crippen LogP contribution in [0.3, 0.4) is 0 Å². The number of hydrogen-bond acceptors (Lipinski definition) is 4. The standard InChI is InChI=1S/C20H36N4O2/c21-23-19(25)17-15-13-11-9-7-5-3-1-2-4-6-8-10-12-14-16-18-20(26)24-22/h3-6,15,17H,1-2,7-14,16,18,21-22H2,(H,23,25)(H,24,26). The molecular weight excluding hydrogens is 328 g/mol. The average Bonchev–Trinajstić information content (AvgIpc) is 2.66. The Morgan fingerprint density at radius 1 is 0.615 bits per heavy atom. The molecule has 148 valence electrons. The van der Waals surface area contributed by atoms with E-state index < -0.39 is 0 Å². The highest BCUT2D eigenvalue weighted by Gasteiger charge is 1.96. The van der Waals surface area contributed by atoms with E-state index in [0.717, 1.165) is 64.2 Å². The molecule has 6 heteroatoms. The molecule has 6 N–H and O–H groups in total. The fourth-order valence-electron chi connectivity index (χ4n) is 2.40. The van der Waals surface area contributed by atoms with Crippen molar-refractivity contribution in [3.63, 3.8) is 0 Å². The maximum atomic E-state index is 10.9. The van der Waals surface area contributed by atoms with E-state index in [1.807, 2.05) is 6.08 Å². The lowest BCUT2D eigenvalue weighted by Gasteiger charge is -1.99. The second kappa shape index (κ2) is 19.4. The molecule has 0 aliphatic rings. The van der Waals surface area contributed by atoms with Gasteiger partial charge >= 0.3 is 0 Å². The number of nitrogens with one attached hydrogen (secondary N) is 2. The van der Waals surface area contributed by atoms with E-state index in [4.69, 9.17) is 11.7 Å². The predicted molar refractivity (Wildman–Crippen MR) is 107 cm³/mol. The van der Waals surface area contributed by atoms with E-state index in [1.165, 1.54) is 12.5 Å². The summed E-state index contributed by atoms with van der Waals surface area (Å²) < 4.78 is 0. The number of carbonyl (C=O) groups is 2. The quantitative estimate of drug-likeness (QED) is 0.0841. The second-order valence-electron chi connectivity index (χ2n) is 6.24. The third kappa shape index (κ3) is 18.4. The van der Waals surface area contributed by atoms with Crippen molar-refractivity contribution in [1.82, 2.24) is 10.9 Å². The number of hydrogen-bond donors (Lipinski definition) is 4. The number of carbonyl (C=O) groups excluding carboxylic acids is 2. The molecule has 0 aromatic rings. The second-order valence-corrected chi connectivity index (χ2v) is 6.24. The van der Waals surface area contributed by atoms with Crippen molar-refractivity contribution in [2.24, 2.45) is 11.7 Å². The summed E-state index contributed by atoms with van der Waals surface area (Å²) >= 11 is 0. The Kier molecular flexibility index (Phi) is 18.0. The molecule has 0 spiro atoms. The topological polar surface area (TPSA) is 110 Å². The highest BCUT2D eigenvalue weighted by atomic mass is 16.2. The Labute approximate surface area is 158 Å². The van der Waals surface area contributed by atoms with Crippen LogP contribution in [-0.4, -0.2) is 11.8 Å². The lowest BCUT2D eigenvalue weighted by atomic mass is 10.1. The fraction of sp³-hybridized carbons (Fsp3) is 0.600. The smallest absolute Gasteiger partial charge is 0.257 e. The minimum Gasteiger partial charge on any atom is -0.294 e.